The topological polar surface area (TPSA) is 3.24 Å². The fraction of sp³-hybridized carbons (Fsp3) is 1.00. The predicted octanol–water partition coefficient (Wildman–Crippen LogP) is 2.23. The van der Waals surface area contributed by atoms with Gasteiger partial charge in [0, 0.05) is 13.1 Å². The molecule has 1 rings (SSSR count). The highest BCUT2D eigenvalue weighted by Crippen LogP contribution is 2.35. The molecule has 0 aromatic rings. The summed E-state index contributed by atoms with van der Waals surface area (Å²) in [5, 5.41) is 0. The van der Waals surface area contributed by atoms with Gasteiger partial charge in [-0.05, 0) is 24.3 Å². The Morgan fingerprint density at radius 1 is 1.27 bits per heavy atom. The standard InChI is InChI=1S/C10H21N/c1-8(10(2,3)4)9-6-11(5)7-9/h8-9H,6-7H2,1-5H3/t8-/m1/s1. The summed E-state index contributed by atoms with van der Waals surface area (Å²) in [6.07, 6.45) is 0. The van der Waals surface area contributed by atoms with E-state index in [4.69, 9.17) is 0 Å². The zero-order valence-electron chi connectivity index (χ0n) is 8.52. The van der Waals surface area contributed by atoms with Gasteiger partial charge in [-0.1, -0.05) is 27.7 Å². The van der Waals surface area contributed by atoms with Crippen LogP contribution in [0.25, 0.3) is 0 Å². The molecule has 1 saturated heterocycles. The largest absolute Gasteiger partial charge is 0.306 e. The molecule has 0 aromatic heterocycles. The van der Waals surface area contributed by atoms with Crippen molar-refractivity contribution in [1.29, 1.82) is 0 Å². The van der Waals surface area contributed by atoms with Crippen molar-refractivity contribution in [1.82, 2.24) is 4.90 Å². The van der Waals surface area contributed by atoms with E-state index >= 15 is 0 Å². The zero-order valence-corrected chi connectivity index (χ0v) is 8.52. The van der Waals surface area contributed by atoms with E-state index < -0.39 is 0 Å². The highest BCUT2D eigenvalue weighted by molar-refractivity contribution is 4.86. The fourth-order valence-electron chi connectivity index (χ4n) is 1.77. The van der Waals surface area contributed by atoms with E-state index in [-0.39, 0.29) is 0 Å². The molecule has 0 aromatic carbocycles. The van der Waals surface area contributed by atoms with Crippen LogP contribution in [0, 0.1) is 17.3 Å². The number of likely N-dealkylation sites (tertiary alicyclic amines) is 1. The van der Waals surface area contributed by atoms with Crippen LogP contribution in [0.4, 0.5) is 0 Å². The molecule has 1 fully saturated rings. The van der Waals surface area contributed by atoms with Crippen LogP contribution in [0.5, 0.6) is 0 Å². The summed E-state index contributed by atoms with van der Waals surface area (Å²) >= 11 is 0. The molecule has 0 bridgehead atoms. The van der Waals surface area contributed by atoms with Gasteiger partial charge in [-0.25, -0.2) is 0 Å². The molecule has 0 unspecified atom stereocenters. The van der Waals surface area contributed by atoms with Crippen molar-refractivity contribution in [3.05, 3.63) is 0 Å². The lowest BCUT2D eigenvalue weighted by molar-refractivity contribution is 0.0398. The van der Waals surface area contributed by atoms with Gasteiger partial charge in [0.05, 0.1) is 0 Å². The minimum Gasteiger partial charge on any atom is -0.306 e. The first kappa shape index (κ1) is 9.05. The molecule has 0 radical (unpaired) electrons. The van der Waals surface area contributed by atoms with Crippen molar-refractivity contribution in [2.45, 2.75) is 27.7 Å². The number of nitrogens with zero attached hydrogens (tertiary/aromatic N) is 1. The van der Waals surface area contributed by atoms with Crippen molar-refractivity contribution < 1.29 is 0 Å². The van der Waals surface area contributed by atoms with E-state index in [1.165, 1.54) is 13.1 Å². The lowest BCUT2D eigenvalue weighted by Gasteiger charge is -2.45. The Balaban J connectivity index is 2.38. The summed E-state index contributed by atoms with van der Waals surface area (Å²) in [4.78, 5) is 2.40. The van der Waals surface area contributed by atoms with Gasteiger partial charge in [0.15, 0.2) is 0 Å². The molecule has 0 amide bonds. The van der Waals surface area contributed by atoms with Gasteiger partial charge >= 0.3 is 0 Å². The minimum absolute atomic E-state index is 0.492. The van der Waals surface area contributed by atoms with Gasteiger partial charge in [-0.15, -0.1) is 0 Å². The van der Waals surface area contributed by atoms with Gasteiger partial charge in [0.25, 0.3) is 0 Å². The molecule has 1 atom stereocenters. The van der Waals surface area contributed by atoms with Crippen LogP contribution in [0.2, 0.25) is 0 Å². The Kier molecular flexibility index (Phi) is 2.29. The third-order valence-electron chi connectivity index (χ3n) is 3.17. The Hall–Kier alpha value is -0.0400. The van der Waals surface area contributed by atoms with Gasteiger partial charge in [0.1, 0.15) is 0 Å². The maximum absolute atomic E-state index is 2.40. The molecule has 1 nitrogen and oxygen atoms in total. The third kappa shape index (κ3) is 1.96. The normalized spacial score (nSPS) is 24.8. The van der Waals surface area contributed by atoms with E-state index in [0.29, 0.717) is 5.41 Å². The summed E-state index contributed by atoms with van der Waals surface area (Å²) in [6, 6.07) is 0. The lowest BCUT2D eigenvalue weighted by Crippen LogP contribution is -2.49. The summed E-state index contributed by atoms with van der Waals surface area (Å²) in [6.45, 7) is 12.0. The van der Waals surface area contributed by atoms with E-state index in [1.807, 2.05) is 0 Å². The molecule has 0 spiro atoms. The van der Waals surface area contributed by atoms with Crippen LogP contribution < -0.4 is 0 Å². The van der Waals surface area contributed by atoms with Crippen molar-refractivity contribution in [2.75, 3.05) is 20.1 Å². The predicted molar refractivity (Wildman–Crippen MR) is 49.6 cm³/mol. The van der Waals surface area contributed by atoms with Crippen LogP contribution in [0.1, 0.15) is 27.7 Å². The first-order chi connectivity index (χ1) is 4.91. The van der Waals surface area contributed by atoms with E-state index in [2.05, 4.69) is 39.6 Å². The molecule has 1 heteroatoms. The van der Waals surface area contributed by atoms with Gasteiger partial charge < -0.3 is 4.90 Å². The molecular weight excluding hydrogens is 134 g/mol. The first-order valence-corrected chi connectivity index (χ1v) is 4.60. The van der Waals surface area contributed by atoms with Crippen LogP contribution in [-0.4, -0.2) is 25.0 Å². The summed E-state index contributed by atoms with van der Waals surface area (Å²) in [5.41, 5.74) is 0.492. The molecule has 11 heavy (non-hydrogen) atoms. The Morgan fingerprint density at radius 2 is 1.73 bits per heavy atom. The van der Waals surface area contributed by atoms with Gasteiger partial charge in [-0.3, -0.25) is 0 Å². The lowest BCUT2D eigenvalue weighted by atomic mass is 9.72. The zero-order chi connectivity index (χ0) is 8.65. The van der Waals surface area contributed by atoms with Crippen LogP contribution in [0.15, 0.2) is 0 Å². The van der Waals surface area contributed by atoms with E-state index in [1.54, 1.807) is 0 Å². The first-order valence-electron chi connectivity index (χ1n) is 4.60. The second kappa shape index (κ2) is 2.78. The Labute approximate surface area is 70.8 Å². The van der Waals surface area contributed by atoms with Crippen LogP contribution >= 0.6 is 0 Å². The van der Waals surface area contributed by atoms with Crippen molar-refractivity contribution in [3.8, 4) is 0 Å². The number of hydrogen-bond donors (Lipinski definition) is 0. The average Bonchev–Trinajstić information content (AvgIpc) is 1.77. The van der Waals surface area contributed by atoms with Crippen LogP contribution in [-0.2, 0) is 0 Å². The van der Waals surface area contributed by atoms with Gasteiger partial charge in [-0.2, -0.15) is 0 Å². The average molecular weight is 155 g/mol. The molecule has 1 aliphatic heterocycles. The Bertz CT molecular complexity index is 128. The number of rotatable bonds is 1. The molecule has 66 valence electrons. The molecule has 1 aliphatic rings. The SMILES string of the molecule is C[C@H](C1CN(C)C1)C(C)(C)C. The highest BCUT2D eigenvalue weighted by Gasteiger charge is 2.34. The monoisotopic (exact) mass is 155 g/mol. The molecule has 0 aliphatic carbocycles. The van der Waals surface area contributed by atoms with Crippen molar-refractivity contribution in [3.63, 3.8) is 0 Å². The summed E-state index contributed by atoms with van der Waals surface area (Å²) in [5.74, 6) is 1.80. The molecule has 1 heterocycles. The Morgan fingerprint density at radius 3 is 2.00 bits per heavy atom. The minimum atomic E-state index is 0.492. The maximum atomic E-state index is 2.40. The second-order valence-electron chi connectivity index (χ2n) is 5.14. The molecule has 0 N–H and O–H groups in total. The second-order valence-corrected chi connectivity index (χ2v) is 5.14. The van der Waals surface area contributed by atoms with Crippen molar-refractivity contribution in [2.24, 2.45) is 17.3 Å². The quantitative estimate of drug-likeness (QED) is 0.561. The summed E-state index contributed by atoms with van der Waals surface area (Å²) < 4.78 is 0. The third-order valence-corrected chi connectivity index (χ3v) is 3.17. The number of hydrogen-bond acceptors (Lipinski definition) is 1. The highest BCUT2D eigenvalue weighted by atomic mass is 15.2. The summed E-state index contributed by atoms with van der Waals surface area (Å²) in [7, 11) is 2.20. The fourth-order valence-corrected chi connectivity index (χ4v) is 1.77. The van der Waals surface area contributed by atoms with E-state index in [9.17, 15) is 0 Å². The van der Waals surface area contributed by atoms with Crippen LogP contribution in [0.3, 0.4) is 0 Å². The molecular formula is C10H21N. The smallest absolute Gasteiger partial charge is 0.00217 e. The van der Waals surface area contributed by atoms with Crippen molar-refractivity contribution >= 4 is 0 Å². The van der Waals surface area contributed by atoms with Gasteiger partial charge in [0.2, 0.25) is 0 Å². The maximum Gasteiger partial charge on any atom is 0.00217 e. The molecule has 0 saturated carbocycles. The van der Waals surface area contributed by atoms with E-state index in [0.717, 1.165) is 11.8 Å².